The molecule has 2 aromatic heterocycles. The number of alkyl halides is 2. The number of aliphatic hydroxyl groups excluding tert-OH is 1. The summed E-state index contributed by atoms with van der Waals surface area (Å²) in [6, 6.07) is 5.03. The zero-order chi connectivity index (χ0) is 24.0. The lowest BCUT2D eigenvalue weighted by atomic mass is 9.86. The first-order chi connectivity index (χ1) is 16.4. The van der Waals surface area contributed by atoms with Crippen molar-refractivity contribution >= 4 is 11.6 Å². The Kier molecular flexibility index (Phi) is 8.23. The van der Waals surface area contributed by atoms with Crippen LogP contribution in [0.1, 0.15) is 49.8 Å². The lowest BCUT2D eigenvalue weighted by Crippen LogP contribution is -2.52. The maximum Gasteiger partial charge on any atom is 0.251 e. The van der Waals surface area contributed by atoms with Crippen LogP contribution in [0.15, 0.2) is 30.7 Å². The smallest absolute Gasteiger partial charge is 0.251 e. The third-order valence-electron chi connectivity index (χ3n) is 6.67. The van der Waals surface area contributed by atoms with Gasteiger partial charge in [0.15, 0.2) is 6.29 Å². The van der Waals surface area contributed by atoms with Crippen LogP contribution in [0.25, 0.3) is 0 Å². The first kappa shape index (κ1) is 24.7. The van der Waals surface area contributed by atoms with E-state index in [1.165, 1.54) is 11.9 Å². The molecule has 4 rings (SSSR count). The second-order valence-electron chi connectivity index (χ2n) is 9.30. The van der Waals surface area contributed by atoms with E-state index >= 15 is 0 Å². The van der Waals surface area contributed by atoms with Crippen LogP contribution >= 0.6 is 0 Å². The number of anilines is 2. The van der Waals surface area contributed by atoms with E-state index in [0.717, 1.165) is 50.2 Å². The number of rotatable bonds is 12. The van der Waals surface area contributed by atoms with E-state index in [1.54, 1.807) is 12.3 Å². The minimum Gasteiger partial charge on any atom is -0.370 e. The fourth-order valence-electron chi connectivity index (χ4n) is 4.66. The average molecular weight is 477 g/mol. The third kappa shape index (κ3) is 6.80. The number of pyridine rings is 1. The van der Waals surface area contributed by atoms with Gasteiger partial charge in [-0.2, -0.15) is 0 Å². The Morgan fingerprint density at radius 3 is 2.76 bits per heavy atom. The average Bonchev–Trinajstić information content (AvgIpc) is 2.81. The highest BCUT2D eigenvalue weighted by Gasteiger charge is 2.47. The molecule has 4 N–H and O–H groups in total. The fourth-order valence-corrected chi connectivity index (χ4v) is 4.66. The van der Waals surface area contributed by atoms with E-state index in [4.69, 9.17) is 4.98 Å². The zero-order valence-corrected chi connectivity index (χ0v) is 19.3. The Labute approximate surface area is 198 Å². The maximum absolute atomic E-state index is 13.6. The van der Waals surface area contributed by atoms with Crippen molar-refractivity contribution < 1.29 is 19.0 Å². The van der Waals surface area contributed by atoms with Crippen LogP contribution in [0, 0.1) is 0 Å². The van der Waals surface area contributed by atoms with Crippen molar-refractivity contribution in [2.75, 3.05) is 30.3 Å². The van der Waals surface area contributed by atoms with E-state index < -0.39 is 18.3 Å². The summed E-state index contributed by atoms with van der Waals surface area (Å²) in [7, 11) is 0. The molecule has 34 heavy (non-hydrogen) atoms. The van der Waals surface area contributed by atoms with Crippen molar-refractivity contribution in [2.45, 2.75) is 75.7 Å². The summed E-state index contributed by atoms with van der Waals surface area (Å²) >= 11 is 0. The molecule has 1 aliphatic heterocycles. The molecule has 1 atom stereocenters. The van der Waals surface area contributed by atoms with Crippen molar-refractivity contribution in [3.8, 4) is 0 Å². The number of nitrogens with one attached hydrogen (secondary N) is 2. The van der Waals surface area contributed by atoms with E-state index in [1.807, 2.05) is 0 Å². The van der Waals surface area contributed by atoms with Gasteiger partial charge in [0.25, 0.3) is 5.92 Å². The molecule has 2 aliphatic rings. The normalized spacial score (nSPS) is 18.3. The van der Waals surface area contributed by atoms with Crippen molar-refractivity contribution in [1.29, 1.82) is 0 Å². The summed E-state index contributed by atoms with van der Waals surface area (Å²) in [5, 5.41) is 26.0. The Balaban J connectivity index is 1.28. The molecule has 0 amide bonds. The summed E-state index contributed by atoms with van der Waals surface area (Å²) in [5.41, 5.74) is 2.32. The van der Waals surface area contributed by atoms with Gasteiger partial charge in [-0.05, 0) is 62.8 Å². The Bertz CT molecular complexity index is 910. The van der Waals surface area contributed by atoms with Gasteiger partial charge in [-0.15, -0.1) is 0 Å². The first-order valence-electron chi connectivity index (χ1n) is 12.1. The van der Waals surface area contributed by atoms with Gasteiger partial charge in [0, 0.05) is 43.9 Å². The molecule has 186 valence electrons. The number of aromatic nitrogens is 3. The molecule has 3 heterocycles. The van der Waals surface area contributed by atoms with E-state index in [2.05, 4.69) is 37.6 Å². The summed E-state index contributed by atoms with van der Waals surface area (Å²) in [5.74, 6) is -1.12. The molecule has 8 nitrogen and oxygen atoms in total. The molecular formula is C24H34F2N6O2. The largest absolute Gasteiger partial charge is 0.370 e. The summed E-state index contributed by atoms with van der Waals surface area (Å²) in [6.07, 6.45) is 6.26. The topological polar surface area (TPSA) is 106 Å². The van der Waals surface area contributed by atoms with E-state index in [0.29, 0.717) is 25.3 Å². The number of aliphatic hydroxyl groups is 2. The number of hydrogen-bond donors (Lipinski definition) is 4. The first-order valence-corrected chi connectivity index (χ1v) is 12.1. The Morgan fingerprint density at radius 1 is 1.18 bits per heavy atom. The van der Waals surface area contributed by atoms with Crippen LogP contribution in [-0.2, 0) is 12.8 Å². The number of hydrogen-bond acceptors (Lipinski definition) is 8. The monoisotopic (exact) mass is 476 g/mol. The summed E-state index contributed by atoms with van der Waals surface area (Å²) in [6.45, 7) is 2.13. The predicted molar refractivity (Wildman–Crippen MR) is 126 cm³/mol. The van der Waals surface area contributed by atoms with Crippen LogP contribution in [0.4, 0.5) is 20.4 Å². The second kappa shape index (κ2) is 11.3. The molecule has 1 fully saturated rings. The number of nitrogens with zero attached hydrogens (tertiary/aromatic N) is 4. The second-order valence-corrected chi connectivity index (χ2v) is 9.30. The Morgan fingerprint density at radius 2 is 2.03 bits per heavy atom. The quantitative estimate of drug-likeness (QED) is 0.274. The lowest BCUT2D eigenvalue weighted by molar-refractivity contribution is -0.126. The number of aryl methyl sites for hydroxylation is 2. The molecule has 1 saturated carbocycles. The molecule has 2 aromatic rings. The molecule has 0 saturated heterocycles. The van der Waals surface area contributed by atoms with Gasteiger partial charge in [-0.25, -0.2) is 23.7 Å². The molecule has 0 unspecified atom stereocenters. The molecule has 1 aliphatic carbocycles. The molecule has 0 bridgehead atoms. The van der Waals surface area contributed by atoms with Gasteiger partial charge in [0.1, 0.15) is 18.0 Å². The van der Waals surface area contributed by atoms with Crippen LogP contribution in [0.2, 0.25) is 0 Å². The number of fused-ring (bicyclic) bond motifs is 1. The summed E-state index contributed by atoms with van der Waals surface area (Å²) < 4.78 is 27.1. The fraction of sp³-hybridized carbons (Fsp3) is 0.625. The molecule has 10 heteroatoms. The van der Waals surface area contributed by atoms with E-state index in [-0.39, 0.29) is 18.9 Å². The molecular weight excluding hydrogens is 442 g/mol. The minimum atomic E-state index is -2.60. The van der Waals surface area contributed by atoms with E-state index in [9.17, 15) is 19.0 Å². The molecule has 0 aromatic carbocycles. The van der Waals surface area contributed by atoms with Crippen molar-refractivity contribution in [3.05, 3.63) is 42.0 Å². The standard InChI is InChI=1S/C24H34F2N6O2/c25-24(26)14-19(15-24)32(13-9-20(23(33)34)31-21-8-11-27-16-29-21)12-2-1-5-18-7-6-17-4-3-10-28-22(17)30-18/h6-8,11,16,19-20,23,33-34H,1-5,9-10,12-15H2,(H,28,30)(H,27,29,31)/t20-/m0/s1. The van der Waals surface area contributed by atoms with Gasteiger partial charge >= 0.3 is 0 Å². The van der Waals surface area contributed by atoms with Crippen LogP contribution in [-0.4, -0.2) is 74.0 Å². The zero-order valence-electron chi connectivity index (χ0n) is 19.3. The highest BCUT2D eigenvalue weighted by atomic mass is 19.3. The SMILES string of the molecule is OC(O)[C@H](CCN(CCCCc1ccc2c(n1)NCCC2)C1CC(F)(F)C1)Nc1ccncn1. The highest BCUT2D eigenvalue weighted by Crippen LogP contribution is 2.40. The van der Waals surface area contributed by atoms with Crippen LogP contribution in [0.3, 0.4) is 0 Å². The van der Waals surface area contributed by atoms with Crippen LogP contribution in [0.5, 0.6) is 0 Å². The number of unbranched alkanes of at least 4 members (excludes halogenated alkanes) is 1. The maximum atomic E-state index is 13.6. The lowest BCUT2D eigenvalue weighted by Gasteiger charge is -2.43. The van der Waals surface area contributed by atoms with Crippen molar-refractivity contribution in [3.63, 3.8) is 0 Å². The van der Waals surface area contributed by atoms with Crippen LogP contribution < -0.4 is 10.6 Å². The van der Waals surface area contributed by atoms with Gasteiger partial charge in [-0.1, -0.05) is 6.07 Å². The predicted octanol–water partition coefficient (Wildman–Crippen LogP) is 2.83. The van der Waals surface area contributed by atoms with Gasteiger partial charge < -0.3 is 20.8 Å². The van der Waals surface area contributed by atoms with Gasteiger partial charge in [0.05, 0.1) is 6.04 Å². The minimum absolute atomic E-state index is 0.142. The van der Waals surface area contributed by atoms with Crippen molar-refractivity contribution in [1.82, 2.24) is 19.9 Å². The van der Waals surface area contributed by atoms with Gasteiger partial charge in [0.2, 0.25) is 0 Å². The molecule has 0 radical (unpaired) electrons. The highest BCUT2D eigenvalue weighted by molar-refractivity contribution is 5.47. The summed E-state index contributed by atoms with van der Waals surface area (Å²) in [4.78, 5) is 14.7. The Hall–Kier alpha value is -2.43. The molecule has 0 spiro atoms. The van der Waals surface area contributed by atoms with Gasteiger partial charge in [-0.3, -0.25) is 4.90 Å². The number of halogens is 2. The third-order valence-corrected chi connectivity index (χ3v) is 6.67. The van der Waals surface area contributed by atoms with Crippen molar-refractivity contribution in [2.24, 2.45) is 0 Å².